The molecule has 1 aliphatic rings. The molecular formula is C14H18ClNO2S. The molecule has 0 radical (unpaired) electrons. The van der Waals surface area contributed by atoms with Gasteiger partial charge in [-0.3, -0.25) is 4.79 Å². The van der Waals surface area contributed by atoms with Crippen LogP contribution in [0, 0.1) is 0 Å². The molecule has 0 heterocycles. The maximum atomic E-state index is 12.1. The van der Waals surface area contributed by atoms with E-state index in [-0.39, 0.29) is 22.7 Å². The second-order valence-electron chi connectivity index (χ2n) is 4.85. The number of hydrogen-bond acceptors (Lipinski definition) is 3. The fraction of sp³-hybridized carbons (Fsp3) is 0.500. The molecule has 0 atom stereocenters. The van der Waals surface area contributed by atoms with Gasteiger partial charge in [-0.25, -0.2) is 0 Å². The van der Waals surface area contributed by atoms with Crippen LogP contribution in [0.25, 0.3) is 0 Å². The van der Waals surface area contributed by atoms with E-state index >= 15 is 0 Å². The number of phenols is 1. The van der Waals surface area contributed by atoms with Crippen molar-refractivity contribution in [3.8, 4) is 5.75 Å². The van der Waals surface area contributed by atoms with Gasteiger partial charge in [-0.1, -0.05) is 11.6 Å². The number of aromatic hydroxyl groups is 1. The smallest absolute Gasteiger partial charge is 0.251 e. The standard InChI is InChI=1S/C14H18ClNO2S/c1-19-11-5-3-10(4-6-11)16-14(18)9-2-7-13(17)12(15)8-9/h2,7-8,10-11,17H,3-6H2,1H3,(H,16,18). The molecule has 1 aromatic carbocycles. The van der Waals surface area contributed by atoms with Crippen LogP contribution in [0.15, 0.2) is 18.2 Å². The fourth-order valence-corrected chi connectivity index (χ4v) is 3.28. The molecular weight excluding hydrogens is 282 g/mol. The minimum atomic E-state index is -0.116. The lowest BCUT2D eigenvalue weighted by Crippen LogP contribution is -2.38. The molecule has 1 amide bonds. The molecule has 0 spiro atoms. The molecule has 0 bridgehead atoms. The minimum absolute atomic E-state index is 0.00121. The first-order valence-corrected chi connectivity index (χ1v) is 8.09. The topological polar surface area (TPSA) is 49.3 Å². The Morgan fingerprint density at radius 3 is 2.63 bits per heavy atom. The summed E-state index contributed by atoms with van der Waals surface area (Å²) in [5.74, 6) is -0.117. The van der Waals surface area contributed by atoms with Gasteiger partial charge < -0.3 is 10.4 Å². The van der Waals surface area contributed by atoms with E-state index in [9.17, 15) is 9.90 Å². The first-order chi connectivity index (χ1) is 9.10. The third-order valence-electron chi connectivity index (χ3n) is 3.55. The lowest BCUT2D eigenvalue weighted by atomic mass is 9.94. The number of benzene rings is 1. The van der Waals surface area contributed by atoms with Crippen LogP contribution in [0.2, 0.25) is 5.02 Å². The molecule has 0 saturated heterocycles. The highest BCUT2D eigenvalue weighted by Gasteiger charge is 2.22. The van der Waals surface area contributed by atoms with Crippen LogP contribution in [0.5, 0.6) is 5.75 Å². The lowest BCUT2D eigenvalue weighted by Gasteiger charge is -2.28. The van der Waals surface area contributed by atoms with Crippen LogP contribution >= 0.6 is 23.4 Å². The Bertz CT molecular complexity index is 459. The van der Waals surface area contributed by atoms with Gasteiger partial charge in [0.15, 0.2) is 0 Å². The quantitative estimate of drug-likeness (QED) is 0.899. The van der Waals surface area contributed by atoms with Crippen molar-refractivity contribution in [3.05, 3.63) is 28.8 Å². The number of rotatable bonds is 3. The molecule has 1 saturated carbocycles. The van der Waals surface area contributed by atoms with Crippen molar-refractivity contribution in [2.45, 2.75) is 37.0 Å². The Hall–Kier alpha value is -0.870. The highest BCUT2D eigenvalue weighted by molar-refractivity contribution is 7.99. The average Bonchev–Trinajstić information content (AvgIpc) is 2.42. The Morgan fingerprint density at radius 1 is 1.37 bits per heavy atom. The second kappa shape index (κ2) is 6.53. The van der Waals surface area contributed by atoms with Crippen LogP contribution in [-0.2, 0) is 0 Å². The summed E-state index contributed by atoms with van der Waals surface area (Å²) in [6.07, 6.45) is 6.51. The van der Waals surface area contributed by atoms with Crippen molar-refractivity contribution in [1.82, 2.24) is 5.32 Å². The summed E-state index contributed by atoms with van der Waals surface area (Å²) in [6, 6.07) is 4.79. The molecule has 2 rings (SSSR count). The van der Waals surface area contributed by atoms with Crippen molar-refractivity contribution in [1.29, 1.82) is 0 Å². The molecule has 0 aliphatic heterocycles. The van der Waals surface area contributed by atoms with E-state index in [0.717, 1.165) is 30.9 Å². The van der Waals surface area contributed by atoms with Crippen molar-refractivity contribution in [2.24, 2.45) is 0 Å². The number of carbonyl (C=O) groups excluding carboxylic acids is 1. The zero-order valence-electron chi connectivity index (χ0n) is 10.9. The van der Waals surface area contributed by atoms with Gasteiger partial charge in [0.2, 0.25) is 0 Å². The van der Waals surface area contributed by atoms with Gasteiger partial charge in [0.1, 0.15) is 5.75 Å². The molecule has 5 heteroatoms. The molecule has 3 nitrogen and oxygen atoms in total. The Morgan fingerprint density at radius 2 is 2.05 bits per heavy atom. The predicted molar refractivity (Wildman–Crippen MR) is 80.1 cm³/mol. The number of halogens is 1. The predicted octanol–water partition coefficient (Wildman–Crippen LogP) is 3.45. The van der Waals surface area contributed by atoms with Crippen molar-refractivity contribution in [3.63, 3.8) is 0 Å². The van der Waals surface area contributed by atoms with Crippen LogP contribution < -0.4 is 5.32 Å². The highest BCUT2D eigenvalue weighted by atomic mass is 35.5. The minimum Gasteiger partial charge on any atom is -0.506 e. The van der Waals surface area contributed by atoms with Gasteiger partial charge in [0, 0.05) is 16.9 Å². The maximum Gasteiger partial charge on any atom is 0.251 e. The summed E-state index contributed by atoms with van der Waals surface area (Å²) in [6.45, 7) is 0. The summed E-state index contributed by atoms with van der Waals surface area (Å²) in [7, 11) is 0. The summed E-state index contributed by atoms with van der Waals surface area (Å²) in [4.78, 5) is 12.1. The number of thioether (sulfide) groups is 1. The first-order valence-electron chi connectivity index (χ1n) is 6.42. The number of amides is 1. The van der Waals surface area contributed by atoms with Crippen LogP contribution in [-0.4, -0.2) is 28.6 Å². The Kier molecular flexibility index (Phi) is 4.99. The normalized spacial score (nSPS) is 23.1. The summed E-state index contributed by atoms with van der Waals surface area (Å²) >= 11 is 7.71. The van der Waals surface area contributed by atoms with Gasteiger partial charge in [0.25, 0.3) is 5.91 Å². The SMILES string of the molecule is CSC1CCC(NC(=O)c2ccc(O)c(Cl)c2)CC1. The van der Waals surface area contributed by atoms with E-state index in [1.807, 2.05) is 11.8 Å². The fourth-order valence-electron chi connectivity index (χ4n) is 2.36. The Balaban J connectivity index is 1.92. The summed E-state index contributed by atoms with van der Waals surface area (Å²) in [5.41, 5.74) is 0.495. The number of phenolic OH excluding ortho intramolecular Hbond substituents is 1. The van der Waals surface area contributed by atoms with Gasteiger partial charge in [-0.2, -0.15) is 11.8 Å². The molecule has 2 N–H and O–H groups in total. The molecule has 104 valence electrons. The maximum absolute atomic E-state index is 12.1. The first kappa shape index (κ1) is 14.5. The van der Waals surface area contributed by atoms with E-state index in [0.29, 0.717) is 5.56 Å². The molecule has 1 aromatic rings. The molecule has 19 heavy (non-hydrogen) atoms. The van der Waals surface area contributed by atoms with Gasteiger partial charge >= 0.3 is 0 Å². The second-order valence-corrected chi connectivity index (χ2v) is 6.39. The van der Waals surface area contributed by atoms with Crippen LogP contribution in [0.1, 0.15) is 36.0 Å². The van der Waals surface area contributed by atoms with Crippen molar-refractivity contribution >= 4 is 29.3 Å². The van der Waals surface area contributed by atoms with E-state index in [1.165, 1.54) is 12.1 Å². The number of hydrogen-bond donors (Lipinski definition) is 2. The molecule has 0 unspecified atom stereocenters. The lowest BCUT2D eigenvalue weighted by molar-refractivity contribution is 0.0928. The molecule has 1 aliphatic carbocycles. The van der Waals surface area contributed by atoms with Crippen molar-refractivity contribution in [2.75, 3.05) is 6.26 Å². The van der Waals surface area contributed by atoms with Gasteiger partial charge in [0.05, 0.1) is 5.02 Å². The van der Waals surface area contributed by atoms with Gasteiger partial charge in [-0.05, 0) is 50.1 Å². The van der Waals surface area contributed by atoms with E-state index < -0.39 is 0 Å². The van der Waals surface area contributed by atoms with Crippen LogP contribution in [0.3, 0.4) is 0 Å². The Labute approximate surface area is 122 Å². The van der Waals surface area contributed by atoms with Gasteiger partial charge in [-0.15, -0.1) is 0 Å². The average molecular weight is 300 g/mol. The van der Waals surface area contributed by atoms with E-state index in [4.69, 9.17) is 11.6 Å². The third-order valence-corrected chi connectivity index (χ3v) is 4.99. The van der Waals surface area contributed by atoms with Crippen LogP contribution in [0.4, 0.5) is 0 Å². The van der Waals surface area contributed by atoms with E-state index in [1.54, 1.807) is 6.07 Å². The van der Waals surface area contributed by atoms with E-state index in [2.05, 4.69) is 11.6 Å². The van der Waals surface area contributed by atoms with Crippen molar-refractivity contribution < 1.29 is 9.90 Å². The largest absolute Gasteiger partial charge is 0.506 e. The zero-order valence-corrected chi connectivity index (χ0v) is 12.4. The third kappa shape index (κ3) is 3.80. The number of nitrogens with one attached hydrogen (secondary N) is 1. The zero-order chi connectivity index (χ0) is 13.8. The molecule has 1 fully saturated rings. The summed E-state index contributed by atoms with van der Waals surface area (Å²) in [5, 5.41) is 13.3. The monoisotopic (exact) mass is 299 g/mol. The highest BCUT2D eigenvalue weighted by Crippen LogP contribution is 2.27. The number of carbonyl (C=O) groups is 1. The molecule has 0 aromatic heterocycles. The summed E-state index contributed by atoms with van der Waals surface area (Å²) < 4.78 is 0.